The largest absolute Gasteiger partial charge is 0.393 e. The van der Waals surface area contributed by atoms with Crippen molar-refractivity contribution < 1.29 is 20.1 Å². The number of carbonyl (C=O) groups is 1. The Hall–Kier alpha value is -0.710. The highest BCUT2D eigenvalue weighted by molar-refractivity contribution is 5.97. The number of allylic oxidation sites excluding steroid dienone is 1. The minimum Gasteiger partial charge on any atom is -0.393 e. The zero-order valence-electron chi connectivity index (χ0n) is 11.9. The van der Waals surface area contributed by atoms with Gasteiger partial charge in [0.2, 0.25) is 0 Å². The van der Waals surface area contributed by atoms with E-state index in [1.54, 1.807) is 13.8 Å². The summed E-state index contributed by atoms with van der Waals surface area (Å²) < 4.78 is 0. The Morgan fingerprint density at radius 3 is 2.63 bits per heavy atom. The molecule has 0 amide bonds. The van der Waals surface area contributed by atoms with Crippen molar-refractivity contribution in [2.75, 3.05) is 6.61 Å². The van der Waals surface area contributed by atoms with Crippen molar-refractivity contribution in [3.05, 3.63) is 11.1 Å². The third-order valence-electron chi connectivity index (χ3n) is 5.18. The number of rotatable bonds is 2. The number of carbonyl (C=O) groups excluding carboxylic acids is 1. The highest BCUT2D eigenvalue weighted by atomic mass is 16.3. The molecule has 1 fully saturated rings. The topological polar surface area (TPSA) is 77.8 Å². The molecule has 19 heavy (non-hydrogen) atoms. The van der Waals surface area contributed by atoms with Gasteiger partial charge in [0.05, 0.1) is 18.3 Å². The maximum Gasteiger partial charge on any atom is 0.158 e. The van der Waals surface area contributed by atoms with Gasteiger partial charge in [-0.1, -0.05) is 6.92 Å². The average Bonchev–Trinajstić information content (AvgIpc) is 2.34. The van der Waals surface area contributed by atoms with Crippen LogP contribution in [0, 0.1) is 11.3 Å². The molecule has 2 rings (SSSR count). The summed E-state index contributed by atoms with van der Waals surface area (Å²) in [5.41, 5.74) is -0.0121. The highest BCUT2D eigenvalue weighted by Gasteiger charge is 2.50. The van der Waals surface area contributed by atoms with Crippen LogP contribution < -0.4 is 0 Å². The summed E-state index contributed by atoms with van der Waals surface area (Å²) in [5, 5.41) is 30.1. The monoisotopic (exact) mass is 268 g/mol. The molecular weight excluding hydrogens is 244 g/mol. The van der Waals surface area contributed by atoms with E-state index in [1.807, 2.05) is 0 Å². The Balaban J connectivity index is 2.42. The van der Waals surface area contributed by atoms with Gasteiger partial charge in [0.25, 0.3) is 0 Å². The van der Waals surface area contributed by atoms with Crippen molar-refractivity contribution >= 4 is 5.78 Å². The zero-order chi connectivity index (χ0) is 14.4. The number of aliphatic hydroxyl groups is 3. The van der Waals surface area contributed by atoms with Crippen molar-refractivity contribution in [3.8, 4) is 0 Å². The molecule has 0 aromatic carbocycles. The first kappa shape index (κ1) is 14.7. The standard InChI is InChI=1S/C15H24O4/c1-9-11(17)5-7-14(2)6-4-10(13(18)12(9)14)15(3,19)8-16/h10,13,16,18-19H,4-8H2,1-3H3/t10-,13-,14-,15+/m1/s1. The summed E-state index contributed by atoms with van der Waals surface area (Å²) in [6.45, 7) is 5.02. The molecule has 4 heteroatoms. The van der Waals surface area contributed by atoms with Crippen LogP contribution in [0.15, 0.2) is 11.1 Å². The maximum absolute atomic E-state index is 11.9. The molecule has 2 aliphatic rings. The molecule has 0 unspecified atom stereocenters. The first-order valence-electron chi connectivity index (χ1n) is 6.99. The lowest BCUT2D eigenvalue weighted by Crippen LogP contribution is -2.52. The van der Waals surface area contributed by atoms with Crippen LogP contribution >= 0.6 is 0 Å². The van der Waals surface area contributed by atoms with Gasteiger partial charge in [-0.3, -0.25) is 4.79 Å². The van der Waals surface area contributed by atoms with Crippen LogP contribution in [0.3, 0.4) is 0 Å². The fourth-order valence-electron chi connectivity index (χ4n) is 3.75. The molecule has 0 heterocycles. The van der Waals surface area contributed by atoms with E-state index in [1.165, 1.54) is 0 Å². The van der Waals surface area contributed by atoms with Crippen molar-refractivity contribution in [1.29, 1.82) is 0 Å². The van der Waals surface area contributed by atoms with Gasteiger partial charge in [-0.25, -0.2) is 0 Å². The SMILES string of the molecule is CC1=C2[C@H](O)[C@H]([C@@](C)(O)CO)CC[C@]2(C)CCC1=O. The van der Waals surface area contributed by atoms with Crippen LogP contribution in [-0.2, 0) is 4.79 Å². The molecule has 0 aromatic rings. The fourth-order valence-corrected chi connectivity index (χ4v) is 3.75. The van der Waals surface area contributed by atoms with Crippen LogP contribution in [0.25, 0.3) is 0 Å². The number of ketones is 1. The van der Waals surface area contributed by atoms with Gasteiger partial charge in [-0.05, 0) is 49.7 Å². The quantitative estimate of drug-likeness (QED) is 0.703. The van der Waals surface area contributed by atoms with Crippen molar-refractivity contribution in [2.45, 2.75) is 58.2 Å². The van der Waals surface area contributed by atoms with Gasteiger partial charge in [0, 0.05) is 12.3 Å². The normalized spacial score (nSPS) is 38.9. The average molecular weight is 268 g/mol. The molecule has 1 saturated carbocycles. The van der Waals surface area contributed by atoms with E-state index >= 15 is 0 Å². The minimum absolute atomic E-state index is 0.0933. The van der Waals surface area contributed by atoms with Crippen LogP contribution in [0.1, 0.15) is 46.5 Å². The molecule has 0 aliphatic heterocycles. The van der Waals surface area contributed by atoms with Crippen LogP contribution in [0.4, 0.5) is 0 Å². The van der Waals surface area contributed by atoms with Gasteiger partial charge >= 0.3 is 0 Å². The molecule has 108 valence electrons. The molecule has 2 aliphatic carbocycles. The van der Waals surface area contributed by atoms with Crippen molar-refractivity contribution in [3.63, 3.8) is 0 Å². The van der Waals surface area contributed by atoms with E-state index in [0.717, 1.165) is 18.4 Å². The minimum atomic E-state index is -1.31. The number of aliphatic hydroxyl groups excluding tert-OH is 2. The second kappa shape index (κ2) is 4.69. The van der Waals surface area contributed by atoms with Crippen LogP contribution in [0.2, 0.25) is 0 Å². The Morgan fingerprint density at radius 2 is 2.05 bits per heavy atom. The van der Waals surface area contributed by atoms with E-state index in [0.29, 0.717) is 18.4 Å². The molecule has 0 bridgehead atoms. The fraction of sp³-hybridized carbons (Fsp3) is 0.800. The van der Waals surface area contributed by atoms with Gasteiger partial charge in [-0.2, -0.15) is 0 Å². The number of fused-ring (bicyclic) bond motifs is 1. The molecule has 0 radical (unpaired) electrons. The van der Waals surface area contributed by atoms with Crippen LogP contribution in [0.5, 0.6) is 0 Å². The van der Waals surface area contributed by atoms with Gasteiger partial charge in [0.15, 0.2) is 5.78 Å². The summed E-state index contributed by atoms with van der Waals surface area (Å²) in [5.74, 6) is -0.322. The van der Waals surface area contributed by atoms with E-state index in [4.69, 9.17) is 0 Å². The predicted molar refractivity (Wildman–Crippen MR) is 71.5 cm³/mol. The third-order valence-corrected chi connectivity index (χ3v) is 5.18. The first-order chi connectivity index (χ1) is 8.73. The van der Waals surface area contributed by atoms with Crippen LogP contribution in [-0.4, -0.2) is 39.4 Å². The molecule has 0 spiro atoms. The first-order valence-corrected chi connectivity index (χ1v) is 6.99. The Labute approximate surface area is 114 Å². The second-order valence-corrected chi connectivity index (χ2v) is 6.63. The Morgan fingerprint density at radius 1 is 1.42 bits per heavy atom. The van der Waals surface area contributed by atoms with Gasteiger partial charge in [-0.15, -0.1) is 0 Å². The summed E-state index contributed by atoms with van der Waals surface area (Å²) in [6, 6.07) is 0. The predicted octanol–water partition coefficient (Wildman–Crippen LogP) is 1.19. The lowest BCUT2D eigenvalue weighted by molar-refractivity contribution is -0.120. The molecule has 0 saturated heterocycles. The molecule has 4 atom stereocenters. The van der Waals surface area contributed by atoms with E-state index in [-0.39, 0.29) is 17.8 Å². The number of Topliss-reactive ketones (excluding diaryl/α,β-unsaturated/α-hetero) is 1. The lowest BCUT2D eigenvalue weighted by atomic mass is 9.58. The number of hydrogen-bond donors (Lipinski definition) is 3. The van der Waals surface area contributed by atoms with Gasteiger partial charge in [0.1, 0.15) is 0 Å². The second-order valence-electron chi connectivity index (χ2n) is 6.63. The smallest absolute Gasteiger partial charge is 0.158 e. The lowest BCUT2D eigenvalue weighted by Gasteiger charge is -2.49. The van der Waals surface area contributed by atoms with Gasteiger partial charge < -0.3 is 15.3 Å². The highest BCUT2D eigenvalue weighted by Crippen LogP contribution is 2.52. The summed E-state index contributed by atoms with van der Waals surface area (Å²) in [7, 11) is 0. The van der Waals surface area contributed by atoms with E-state index in [2.05, 4.69) is 6.92 Å². The van der Waals surface area contributed by atoms with Crippen molar-refractivity contribution in [2.24, 2.45) is 11.3 Å². The summed E-state index contributed by atoms with van der Waals surface area (Å²) >= 11 is 0. The van der Waals surface area contributed by atoms with Crippen molar-refractivity contribution in [1.82, 2.24) is 0 Å². The Bertz CT molecular complexity index is 424. The molecule has 4 nitrogen and oxygen atoms in total. The summed E-state index contributed by atoms with van der Waals surface area (Å²) in [4.78, 5) is 11.9. The van der Waals surface area contributed by atoms with E-state index < -0.39 is 17.6 Å². The third kappa shape index (κ3) is 2.26. The van der Waals surface area contributed by atoms with E-state index in [9.17, 15) is 20.1 Å². The Kier molecular flexibility index (Phi) is 3.62. The number of hydrogen-bond acceptors (Lipinski definition) is 4. The molecular formula is C15H24O4. The maximum atomic E-state index is 11.9. The zero-order valence-corrected chi connectivity index (χ0v) is 11.9. The molecule has 3 N–H and O–H groups in total. The summed E-state index contributed by atoms with van der Waals surface area (Å²) in [6.07, 6.45) is 1.97. The molecule has 0 aromatic heterocycles.